The Hall–Kier alpha value is -2.87. The number of ether oxygens (including phenoxy) is 2. The molecule has 0 heterocycles. The lowest BCUT2D eigenvalue weighted by Gasteiger charge is -2.28. The monoisotopic (exact) mass is 535 g/mol. The van der Waals surface area contributed by atoms with Crippen LogP contribution in [0.1, 0.15) is 108 Å². The van der Waals surface area contributed by atoms with Crippen LogP contribution in [0.5, 0.6) is 5.75 Å². The van der Waals surface area contributed by atoms with Crippen LogP contribution in [0.2, 0.25) is 0 Å². The molecule has 0 N–H and O–H groups in total. The summed E-state index contributed by atoms with van der Waals surface area (Å²) < 4.78 is 25.2. The molecule has 4 nitrogen and oxygen atoms in total. The molecule has 0 saturated heterocycles. The first-order valence-corrected chi connectivity index (χ1v) is 15.1. The van der Waals surface area contributed by atoms with Crippen molar-refractivity contribution in [2.45, 2.75) is 116 Å². The van der Waals surface area contributed by atoms with Gasteiger partial charge in [-0.2, -0.15) is 5.26 Å². The molecule has 1 aliphatic carbocycles. The molecule has 2 aromatic carbocycles. The van der Waals surface area contributed by atoms with Crippen LogP contribution in [0, 0.1) is 17.2 Å². The predicted molar refractivity (Wildman–Crippen MR) is 155 cm³/mol. The van der Waals surface area contributed by atoms with E-state index in [1.807, 2.05) is 25.1 Å². The number of alkyl halides is 1. The predicted octanol–water partition coefficient (Wildman–Crippen LogP) is 9.14. The van der Waals surface area contributed by atoms with Crippen LogP contribution < -0.4 is 4.74 Å². The minimum atomic E-state index is -1.48. The quantitative estimate of drug-likeness (QED) is 0.159. The number of halogens is 1. The van der Waals surface area contributed by atoms with Crippen molar-refractivity contribution >= 4 is 5.97 Å². The van der Waals surface area contributed by atoms with E-state index in [0.29, 0.717) is 30.3 Å². The highest BCUT2D eigenvalue weighted by Gasteiger charge is 2.27. The lowest BCUT2D eigenvalue weighted by molar-refractivity contribution is -0.157. The molecule has 5 heteroatoms. The van der Waals surface area contributed by atoms with Crippen molar-refractivity contribution in [3.63, 3.8) is 0 Å². The third-order valence-corrected chi connectivity index (χ3v) is 7.88. The second kappa shape index (κ2) is 17.0. The smallest absolute Gasteiger partial charge is 0.340 e. The zero-order valence-corrected chi connectivity index (χ0v) is 23.9. The maximum absolute atomic E-state index is 13.9. The van der Waals surface area contributed by atoms with E-state index in [4.69, 9.17) is 9.47 Å². The third kappa shape index (κ3) is 10.3. The van der Waals surface area contributed by atoms with Gasteiger partial charge in [0.25, 0.3) is 0 Å². The Morgan fingerprint density at radius 1 is 0.949 bits per heavy atom. The molecule has 1 fully saturated rings. The van der Waals surface area contributed by atoms with E-state index in [1.165, 1.54) is 24.8 Å². The van der Waals surface area contributed by atoms with Crippen molar-refractivity contribution in [2.24, 2.45) is 5.92 Å². The van der Waals surface area contributed by atoms with Crippen molar-refractivity contribution in [1.82, 2.24) is 0 Å². The largest absolute Gasteiger partial charge is 0.492 e. The van der Waals surface area contributed by atoms with Crippen LogP contribution in [-0.4, -0.2) is 24.9 Å². The number of benzene rings is 2. The lowest BCUT2D eigenvalue weighted by Crippen LogP contribution is -2.29. The molecule has 212 valence electrons. The van der Waals surface area contributed by atoms with Crippen LogP contribution in [0.25, 0.3) is 11.1 Å². The van der Waals surface area contributed by atoms with Crippen molar-refractivity contribution in [3.8, 4) is 22.9 Å². The van der Waals surface area contributed by atoms with Crippen molar-refractivity contribution in [2.75, 3.05) is 6.61 Å². The third-order valence-electron chi connectivity index (χ3n) is 7.88. The highest BCUT2D eigenvalue weighted by atomic mass is 19.1. The molecule has 2 aromatic rings. The number of hydrogen-bond acceptors (Lipinski definition) is 4. The number of aryl methyl sites for hydroxylation is 1. The van der Waals surface area contributed by atoms with E-state index in [1.54, 1.807) is 0 Å². The molecule has 1 aliphatic rings. The maximum atomic E-state index is 13.9. The maximum Gasteiger partial charge on any atom is 0.340 e. The van der Waals surface area contributed by atoms with Gasteiger partial charge in [0.05, 0.1) is 12.2 Å². The summed E-state index contributed by atoms with van der Waals surface area (Å²) in [6.45, 7) is 4.85. The molecule has 0 aliphatic heterocycles. The van der Waals surface area contributed by atoms with Gasteiger partial charge in [-0.1, -0.05) is 82.7 Å². The minimum absolute atomic E-state index is 0.131. The molecule has 1 saturated carbocycles. The number of nitrogens with zero attached hydrogens (tertiary/aromatic N) is 1. The molecule has 0 unspecified atom stereocenters. The van der Waals surface area contributed by atoms with Gasteiger partial charge >= 0.3 is 5.97 Å². The average molecular weight is 536 g/mol. The second-order valence-electron chi connectivity index (χ2n) is 11.0. The van der Waals surface area contributed by atoms with E-state index in [9.17, 15) is 14.4 Å². The highest BCUT2D eigenvalue weighted by Crippen LogP contribution is 2.31. The number of nitriles is 1. The zero-order valence-electron chi connectivity index (χ0n) is 23.9. The summed E-state index contributed by atoms with van der Waals surface area (Å²) >= 11 is 0. The highest BCUT2D eigenvalue weighted by molar-refractivity contribution is 5.74. The van der Waals surface area contributed by atoms with E-state index < -0.39 is 12.1 Å². The Kier molecular flexibility index (Phi) is 13.3. The van der Waals surface area contributed by atoms with Crippen molar-refractivity contribution in [1.29, 1.82) is 5.26 Å². The number of carbonyl (C=O) groups is 1. The molecule has 39 heavy (non-hydrogen) atoms. The topological polar surface area (TPSA) is 59.3 Å². The van der Waals surface area contributed by atoms with Crippen molar-refractivity contribution < 1.29 is 18.7 Å². The molecule has 1 atom stereocenters. The van der Waals surface area contributed by atoms with Gasteiger partial charge in [0.1, 0.15) is 17.9 Å². The van der Waals surface area contributed by atoms with Gasteiger partial charge in [-0.05, 0) is 86.1 Å². The first-order chi connectivity index (χ1) is 19.0. The van der Waals surface area contributed by atoms with Gasteiger partial charge in [-0.15, -0.1) is 0 Å². The number of rotatable bonds is 16. The number of unbranched alkanes of at least 4 members (excludes halogenated alkanes) is 5. The fraction of sp³-hybridized carbons (Fsp3) is 0.588. The number of carbonyl (C=O) groups excluding carboxylic acids is 1. The summed E-state index contributed by atoms with van der Waals surface area (Å²) in [6, 6.07) is 16.8. The summed E-state index contributed by atoms with van der Waals surface area (Å²) in [6.07, 6.45) is 12.0. The fourth-order valence-corrected chi connectivity index (χ4v) is 5.32. The minimum Gasteiger partial charge on any atom is -0.492 e. The Labute approximate surface area is 234 Å². The zero-order chi connectivity index (χ0) is 27.9. The van der Waals surface area contributed by atoms with Crippen LogP contribution in [0.4, 0.5) is 4.39 Å². The molecule has 0 spiro atoms. The van der Waals surface area contributed by atoms with Crippen LogP contribution >= 0.6 is 0 Å². The molecule has 0 amide bonds. The Morgan fingerprint density at radius 2 is 1.64 bits per heavy atom. The van der Waals surface area contributed by atoms with Gasteiger partial charge < -0.3 is 9.47 Å². The molecule has 0 bridgehead atoms. The molecule has 0 radical (unpaired) electrons. The van der Waals surface area contributed by atoms with E-state index in [-0.39, 0.29) is 12.5 Å². The van der Waals surface area contributed by atoms with Gasteiger partial charge in [0.15, 0.2) is 6.17 Å². The summed E-state index contributed by atoms with van der Waals surface area (Å²) in [5, 5.41) is 9.64. The van der Waals surface area contributed by atoms with E-state index in [0.717, 1.165) is 68.9 Å². The van der Waals surface area contributed by atoms with E-state index >= 15 is 0 Å². The van der Waals surface area contributed by atoms with Gasteiger partial charge in [0.2, 0.25) is 0 Å². The van der Waals surface area contributed by atoms with Gasteiger partial charge in [0, 0.05) is 0 Å². The second-order valence-corrected chi connectivity index (χ2v) is 11.0. The van der Waals surface area contributed by atoms with Crippen molar-refractivity contribution in [3.05, 3.63) is 53.6 Å². The Bertz CT molecular complexity index is 1040. The number of hydrogen-bond donors (Lipinski definition) is 0. The summed E-state index contributed by atoms with van der Waals surface area (Å²) in [5.74, 6) is 0.603. The standard InChI is InChI=1S/C34H46FNO3/c1-3-5-7-8-9-23-38-33-22-19-29(24-30(33)25-36)28-17-13-26(14-18-28)11-12-27-15-20-31(21-16-27)39-34(37)32(35)10-6-4-2/h13-14,17-19,22,24,27,31-32H,3-12,15-16,20-21,23H2,1-2H3/t27?,31?,32-/m0/s1. The Balaban J connectivity index is 1.42. The van der Waals surface area contributed by atoms with E-state index in [2.05, 4.69) is 37.3 Å². The number of esters is 1. The molecular formula is C34H46FNO3. The Morgan fingerprint density at radius 3 is 2.33 bits per heavy atom. The normalized spacial score (nSPS) is 17.8. The molecule has 0 aromatic heterocycles. The SMILES string of the molecule is CCCCCCCOc1ccc(-c2ccc(CCC3CCC(OC(=O)[C@@H](F)CCCC)CC3)cc2)cc1C#N. The summed E-state index contributed by atoms with van der Waals surface area (Å²) in [4.78, 5) is 12.0. The molecule has 3 rings (SSSR count). The summed E-state index contributed by atoms with van der Waals surface area (Å²) in [5.41, 5.74) is 3.99. The molecular weight excluding hydrogens is 489 g/mol. The average Bonchev–Trinajstić information content (AvgIpc) is 2.97. The first-order valence-electron chi connectivity index (χ1n) is 15.1. The fourth-order valence-electron chi connectivity index (χ4n) is 5.32. The van der Waals surface area contributed by atoms with Gasteiger partial charge in [-0.25, -0.2) is 9.18 Å². The summed E-state index contributed by atoms with van der Waals surface area (Å²) in [7, 11) is 0. The van der Waals surface area contributed by atoms with Crippen LogP contribution in [0.3, 0.4) is 0 Å². The van der Waals surface area contributed by atoms with Crippen LogP contribution in [-0.2, 0) is 16.0 Å². The van der Waals surface area contributed by atoms with Gasteiger partial charge in [-0.3, -0.25) is 0 Å². The lowest BCUT2D eigenvalue weighted by atomic mass is 9.83. The van der Waals surface area contributed by atoms with Crippen LogP contribution in [0.15, 0.2) is 42.5 Å². The first kappa shape index (κ1) is 30.7.